The van der Waals surface area contributed by atoms with E-state index in [1.807, 2.05) is 0 Å². The molecule has 0 spiro atoms. The van der Waals surface area contributed by atoms with Crippen molar-refractivity contribution in [3.63, 3.8) is 0 Å². The quantitative estimate of drug-likeness (QED) is 0.456. The van der Waals surface area contributed by atoms with Gasteiger partial charge in [-0.3, -0.25) is 0 Å². The number of carbonyl (C=O) groups excluding carboxylic acids is 1. The van der Waals surface area contributed by atoms with Crippen LogP contribution in [-0.2, 0) is 9.59 Å². The number of carbonyl (C=O) groups is 2. The number of rotatable bonds is 6. The van der Waals surface area contributed by atoms with Gasteiger partial charge in [0, 0.05) is 0 Å². The zero-order valence-electron chi connectivity index (χ0n) is 7.30. The van der Waals surface area contributed by atoms with Crippen molar-refractivity contribution in [1.29, 1.82) is 0 Å². The van der Waals surface area contributed by atoms with Crippen LogP contribution in [0.25, 0.3) is 0 Å². The summed E-state index contributed by atoms with van der Waals surface area (Å²) in [5.74, 6) is -0.404. The Labute approximate surface area is 93.9 Å². The van der Waals surface area contributed by atoms with E-state index in [0.717, 1.165) is 0 Å². The molecule has 1 radical (unpaired) electrons. The molecule has 0 unspecified atom stereocenters. The van der Waals surface area contributed by atoms with E-state index in [-0.39, 0.29) is 15.9 Å². The van der Waals surface area contributed by atoms with Gasteiger partial charge in [-0.2, -0.15) is 0 Å². The minimum atomic E-state index is -1.05. The van der Waals surface area contributed by atoms with Crippen molar-refractivity contribution in [2.75, 3.05) is 11.5 Å². The Hall–Kier alpha value is -0.111. The first kappa shape index (κ1) is 16.3. The molecule has 83 valence electrons. The van der Waals surface area contributed by atoms with E-state index in [9.17, 15) is 9.59 Å². The Balaban J connectivity index is 0. The fourth-order valence-electron chi connectivity index (χ4n) is 0.461. The van der Waals surface area contributed by atoms with Crippen LogP contribution in [0.5, 0.6) is 0 Å². The van der Waals surface area contributed by atoms with Gasteiger partial charge in [-0.1, -0.05) is 0 Å². The van der Waals surface area contributed by atoms with Gasteiger partial charge in [0.05, 0.1) is 0 Å². The van der Waals surface area contributed by atoms with Crippen LogP contribution in [0.1, 0.15) is 0 Å². The number of carboxylic acid groups (broad SMARTS) is 1. The summed E-state index contributed by atoms with van der Waals surface area (Å²) in [5, 5.41) is 8.41. The van der Waals surface area contributed by atoms with Crippen LogP contribution in [0.2, 0.25) is 0 Å². The molecule has 0 fully saturated rings. The second-order valence-electron chi connectivity index (χ2n) is 2.41. The summed E-state index contributed by atoms with van der Waals surface area (Å²) in [4.78, 5) is 20.9. The second kappa shape index (κ2) is 8.22. The summed E-state index contributed by atoms with van der Waals surface area (Å²) < 4.78 is -0.226. The molecule has 0 aliphatic rings. The monoisotopic (exact) mass is 289 g/mol. The number of aliphatic carboxylic acids is 1. The summed E-state index contributed by atoms with van der Waals surface area (Å²) >= 11 is 3.53. The molecule has 6 nitrogen and oxygen atoms in total. The van der Waals surface area contributed by atoms with Gasteiger partial charge < -0.3 is 5.48 Å². The summed E-state index contributed by atoms with van der Waals surface area (Å²) in [6, 6.07) is -1.47. The largest absolute Gasteiger partial charge is 0.412 e. The van der Waals surface area contributed by atoms with Crippen molar-refractivity contribution in [2.24, 2.45) is 11.5 Å². The van der Waals surface area contributed by atoms with Crippen LogP contribution < -0.4 is 11.5 Å². The van der Waals surface area contributed by atoms with E-state index in [1.54, 1.807) is 0 Å². The fraction of sp³-hybridized carbons (Fsp3) is 0.667. The van der Waals surface area contributed by atoms with Crippen LogP contribution in [0.15, 0.2) is 0 Å². The Kier molecular flexibility index (Phi) is 9.58. The molecule has 14 heavy (non-hydrogen) atoms. The van der Waals surface area contributed by atoms with E-state index < -0.39 is 18.1 Å². The average molecular weight is 288 g/mol. The molecule has 2 atom stereocenters. The predicted molar refractivity (Wildman–Crippen MR) is 55.3 cm³/mol. The Morgan fingerprint density at radius 3 is 2.07 bits per heavy atom. The number of hydrogen-bond acceptors (Lipinski definition) is 5. The zero-order valence-corrected chi connectivity index (χ0v) is 9.83. The molecule has 8 heteroatoms. The number of hydrogen-bond donors (Lipinski definition) is 3. The molecule has 0 saturated carbocycles. The minimum Gasteiger partial charge on any atom is -0.412 e. The smallest absolute Gasteiger partial charge is 0.412 e. The zero-order chi connectivity index (χ0) is 10.4. The van der Waals surface area contributed by atoms with E-state index in [0.29, 0.717) is 5.75 Å². The standard InChI is InChI=1S/C6H11N2O3SSe.H2O/c7-3(5(9)10)1-12-2-4(8)6(11)13;/h3-4H,1-2,7-8H2,(H,9,10);1H2/t3-,4-;/m0./s1. The van der Waals surface area contributed by atoms with E-state index in [1.165, 1.54) is 11.8 Å². The van der Waals surface area contributed by atoms with Gasteiger partial charge in [0.25, 0.3) is 0 Å². The third-order valence-corrected chi connectivity index (χ3v) is 3.04. The molecule has 0 aromatic carbocycles. The third-order valence-electron chi connectivity index (χ3n) is 1.21. The fourth-order valence-corrected chi connectivity index (χ4v) is 1.81. The maximum absolute atomic E-state index is 10.6. The van der Waals surface area contributed by atoms with Gasteiger partial charge in [-0.05, 0) is 0 Å². The molecule has 0 rings (SSSR count). The number of nitrogens with two attached hydrogens (primary N) is 2. The van der Waals surface area contributed by atoms with Crippen molar-refractivity contribution >= 4 is 38.4 Å². The van der Waals surface area contributed by atoms with E-state index >= 15 is 0 Å². The van der Waals surface area contributed by atoms with Crippen LogP contribution in [0.3, 0.4) is 0 Å². The molecule has 0 aromatic rings. The summed E-state index contributed by atoms with van der Waals surface area (Å²) in [7, 11) is 0. The first-order chi connectivity index (χ1) is 5.95. The predicted octanol–water partition coefficient (Wildman–Crippen LogP) is -2.67. The van der Waals surface area contributed by atoms with Crippen molar-refractivity contribution in [1.82, 2.24) is 0 Å². The topological polar surface area (TPSA) is 138 Å². The summed E-state index contributed by atoms with van der Waals surface area (Å²) in [6.45, 7) is 0. The van der Waals surface area contributed by atoms with Crippen molar-refractivity contribution in [3.05, 3.63) is 0 Å². The maximum Gasteiger partial charge on any atom is -0.412 e. The van der Waals surface area contributed by atoms with Gasteiger partial charge in [-0.25, -0.2) is 0 Å². The summed E-state index contributed by atoms with van der Waals surface area (Å²) in [6.07, 6.45) is 0. The van der Waals surface area contributed by atoms with Gasteiger partial charge in [0.2, 0.25) is 0 Å². The first-order valence-electron chi connectivity index (χ1n) is 3.47. The molecule has 0 saturated heterocycles. The molecule has 0 aliphatic heterocycles. The van der Waals surface area contributed by atoms with Crippen LogP contribution in [0.4, 0.5) is 0 Å². The Bertz CT molecular complexity index is 184. The Morgan fingerprint density at radius 1 is 1.29 bits per heavy atom. The van der Waals surface area contributed by atoms with Gasteiger partial charge in [0.15, 0.2) is 0 Å². The van der Waals surface area contributed by atoms with E-state index in [4.69, 9.17) is 16.6 Å². The SMILES string of the molecule is N[C@@H](CSC[C@H](N)C(=O)[Se])C(=O)O.O. The first-order valence-corrected chi connectivity index (χ1v) is 5.49. The average Bonchev–Trinajstić information content (AvgIpc) is 2.03. The van der Waals surface area contributed by atoms with Crippen LogP contribution >= 0.6 is 11.8 Å². The molecule has 0 amide bonds. The third kappa shape index (κ3) is 7.31. The van der Waals surface area contributed by atoms with Crippen molar-refractivity contribution in [3.8, 4) is 0 Å². The molecular weight excluding hydrogens is 275 g/mol. The van der Waals surface area contributed by atoms with Crippen molar-refractivity contribution in [2.45, 2.75) is 12.1 Å². The molecule has 0 bridgehead atoms. The molecule has 7 N–H and O–H groups in total. The normalized spacial score (nSPS) is 13.9. The van der Waals surface area contributed by atoms with E-state index in [2.05, 4.69) is 16.0 Å². The summed E-state index contributed by atoms with van der Waals surface area (Å²) in [5.41, 5.74) is 10.6. The van der Waals surface area contributed by atoms with Crippen LogP contribution in [-0.4, -0.2) is 60.8 Å². The second-order valence-corrected chi connectivity index (χ2v) is 4.33. The number of thioether (sulfide) groups is 1. The van der Waals surface area contributed by atoms with Crippen LogP contribution in [0, 0.1) is 0 Å². The van der Waals surface area contributed by atoms with Gasteiger partial charge >= 0.3 is 88.2 Å². The molecular formula is C6H13N2O4SSe. The Morgan fingerprint density at radius 2 is 1.71 bits per heavy atom. The van der Waals surface area contributed by atoms with Gasteiger partial charge in [0.1, 0.15) is 0 Å². The minimum absolute atomic E-state index is 0. The molecule has 0 aliphatic carbocycles. The van der Waals surface area contributed by atoms with Crippen molar-refractivity contribution < 1.29 is 20.2 Å². The van der Waals surface area contributed by atoms with Gasteiger partial charge in [-0.15, -0.1) is 0 Å². The molecule has 0 heterocycles. The number of carboxylic acids is 1. The molecule has 0 aromatic heterocycles. The maximum atomic E-state index is 10.6.